The van der Waals surface area contributed by atoms with Gasteiger partial charge in [0.1, 0.15) is 5.54 Å². The van der Waals surface area contributed by atoms with E-state index in [-0.39, 0.29) is 4.90 Å². The van der Waals surface area contributed by atoms with Crippen molar-refractivity contribution >= 4 is 57.6 Å². The van der Waals surface area contributed by atoms with Crippen LogP contribution in [0.15, 0.2) is 34.3 Å². The van der Waals surface area contributed by atoms with Crippen molar-refractivity contribution in [1.82, 2.24) is 0 Å². The Kier molecular flexibility index (Phi) is 5.30. The maximum absolute atomic E-state index is 12.4. The Morgan fingerprint density at radius 1 is 1.19 bits per heavy atom. The summed E-state index contributed by atoms with van der Waals surface area (Å²) in [6.45, 7) is 0.865. The van der Waals surface area contributed by atoms with Crippen LogP contribution in [0.2, 0.25) is 0 Å². The average molecular weight is 506 g/mol. The fourth-order valence-corrected chi connectivity index (χ4v) is 4.72. The van der Waals surface area contributed by atoms with Gasteiger partial charge in [-0.05, 0) is 65.5 Å². The van der Waals surface area contributed by atoms with Gasteiger partial charge in [-0.15, -0.1) is 4.91 Å². The van der Waals surface area contributed by atoms with E-state index in [2.05, 4.69) is 53.0 Å². The van der Waals surface area contributed by atoms with Gasteiger partial charge in [0.15, 0.2) is 0 Å². The van der Waals surface area contributed by atoms with Crippen molar-refractivity contribution < 1.29 is 13.2 Å². The second kappa shape index (κ2) is 6.35. The van der Waals surface area contributed by atoms with Gasteiger partial charge in [0.05, 0.1) is 4.90 Å². The van der Waals surface area contributed by atoms with Crippen molar-refractivity contribution in [3.8, 4) is 0 Å². The summed E-state index contributed by atoms with van der Waals surface area (Å²) in [6, 6.07) is 6.32. The van der Waals surface area contributed by atoms with Crippen LogP contribution < -0.4 is 0 Å². The highest BCUT2D eigenvalue weighted by Crippen LogP contribution is 2.44. The molecule has 0 amide bonds. The minimum Gasteiger partial charge on any atom is -0.381 e. The Bertz CT molecular complexity index is 636. The molecule has 1 aromatic carbocycles. The molecule has 1 aliphatic rings. The van der Waals surface area contributed by atoms with E-state index in [4.69, 9.17) is 4.74 Å². The summed E-state index contributed by atoms with van der Waals surface area (Å²) >= 11 is 9.08. The molecule has 0 spiro atoms. The van der Waals surface area contributed by atoms with Gasteiger partial charge in [-0.3, -0.25) is 0 Å². The fourth-order valence-electron chi connectivity index (χ4n) is 2.23. The maximum Gasteiger partial charge on any atom is 0.239 e. The standard InChI is InChI=1S/C12H12Br3NO4S/c13-12(14,15)21(18,19)10-3-1-2-9(8-10)11(16-17)4-6-20-7-5-11/h1-3,8H,4-7H2. The number of nitroso groups, excluding NO2 is 1. The van der Waals surface area contributed by atoms with E-state index < -0.39 is 16.9 Å². The summed E-state index contributed by atoms with van der Waals surface area (Å²) < 4.78 is 28.6. The van der Waals surface area contributed by atoms with E-state index in [1.807, 2.05) is 0 Å². The molecule has 0 aliphatic carbocycles. The molecule has 2 rings (SSSR count). The summed E-state index contributed by atoms with van der Waals surface area (Å²) in [5.74, 6) is 0. The van der Waals surface area contributed by atoms with Crippen molar-refractivity contribution in [3.63, 3.8) is 0 Å². The Labute approximate surface area is 148 Å². The van der Waals surface area contributed by atoms with E-state index in [0.717, 1.165) is 0 Å². The van der Waals surface area contributed by atoms with Gasteiger partial charge in [0.2, 0.25) is 11.3 Å². The topological polar surface area (TPSA) is 72.8 Å². The molecule has 0 aromatic heterocycles. The number of hydrogen-bond acceptors (Lipinski definition) is 5. The number of benzene rings is 1. The average Bonchev–Trinajstić information content (AvgIpc) is 2.47. The van der Waals surface area contributed by atoms with Crippen LogP contribution in [-0.4, -0.2) is 23.1 Å². The third-order valence-corrected chi connectivity index (χ3v) is 8.80. The smallest absolute Gasteiger partial charge is 0.239 e. The van der Waals surface area contributed by atoms with Crippen molar-refractivity contribution in [1.29, 1.82) is 0 Å². The zero-order valence-corrected chi connectivity index (χ0v) is 16.3. The first-order valence-electron chi connectivity index (χ1n) is 6.07. The molecule has 1 aromatic rings. The number of hydrogen-bond donors (Lipinski definition) is 0. The van der Waals surface area contributed by atoms with Crippen LogP contribution in [0.5, 0.6) is 0 Å². The Morgan fingerprint density at radius 2 is 1.81 bits per heavy atom. The molecule has 1 heterocycles. The molecular formula is C12H12Br3NO4S. The zero-order valence-electron chi connectivity index (χ0n) is 10.8. The molecule has 1 aliphatic heterocycles. The first-order chi connectivity index (χ1) is 9.73. The highest BCUT2D eigenvalue weighted by molar-refractivity contribution is 9.42. The zero-order chi connectivity index (χ0) is 15.7. The highest BCUT2D eigenvalue weighted by atomic mass is 80.0. The number of rotatable bonds is 3. The predicted molar refractivity (Wildman–Crippen MR) is 90.7 cm³/mol. The maximum atomic E-state index is 12.4. The van der Waals surface area contributed by atoms with Crippen molar-refractivity contribution in [2.75, 3.05) is 13.2 Å². The van der Waals surface area contributed by atoms with Gasteiger partial charge in [-0.2, -0.15) is 0 Å². The molecule has 0 bridgehead atoms. The van der Waals surface area contributed by atoms with Crippen LogP contribution >= 0.6 is 47.8 Å². The first kappa shape index (κ1) is 17.5. The molecule has 0 radical (unpaired) electrons. The van der Waals surface area contributed by atoms with E-state index in [9.17, 15) is 13.3 Å². The molecule has 0 unspecified atom stereocenters. The van der Waals surface area contributed by atoms with Crippen molar-refractivity contribution in [3.05, 3.63) is 34.7 Å². The van der Waals surface area contributed by atoms with Gasteiger partial charge in [-0.25, -0.2) is 8.42 Å². The number of sulfone groups is 1. The summed E-state index contributed by atoms with van der Waals surface area (Å²) in [6.07, 6.45) is 0.893. The molecule has 9 heteroatoms. The van der Waals surface area contributed by atoms with Crippen LogP contribution in [0.3, 0.4) is 0 Å². The lowest BCUT2D eigenvalue weighted by molar-refractivity contribution is 0.0524. The normalized spacial score (nSPS) is 19.2. The summed E-state index contributed by atoms with van der Waals surface area (Å²) in [5, 5.41) is 3.27. The van der Waals surface area contributed by atoms with Gasteiger partial charge in [0, 0.05) is 26.1 Å². The highest BCUT2D eigenvalue weighted by Gasteiger charge is 2.40. The lowest BCUT2D eigenvalue weighted by atomic mass is 9.84. The minimum atomic E-state index is -3.70. The van der Waals surface area contributed by atoms with Gasteiger partial charge in [0.25, 0.3) is 0 Å². The van der Waals surface area contributed by atoms with E-state index >= 15 is 0 Å². The third kappa shape index (κ3) is 3.41. The van der Waals surface area contributed by atoms with Crippen LogP contribution in [-0.2, 0) is 20.1 Å². The first-order valence-corrected chi connectivity index (χ1v) is 9.93. The quantitative estimate of drug-likeness (QED) is 0.459. The lowest BCUT2D eigenvalue weighted by Gasteiger charge is -2.31. The molecular weight excluding hydrogens is 494 g/mol. The molecule has 1 fully saturated rings. The predicted octanol–water partition coefficient (Wildman–Crippen LogP) is 4.03. The Hall–Kier alpha value is 0.170. The lowest BCUT2D eigenvalue weighted by Crippen LogP contribution is -2.32. The SMILES string of the molecule is O=NC1(c2cccc(S(=O)(=O)C(Br)(Br)Br)c2)CCOCC1. The van der Waals surface area contributed by atoms with Crippen LogP contribution in [0.25, 0.3) is 0 Å². The number of halogens is 3. The number of alkyl halides is 3. The van der Waals surface area contributed by atoms with E-state index in [1.54, 1.807) is 12.1 Å². The number of ether oxygens (including phenoxy) is 1. The van der Waals surface area contributed by atoms with Gasteiger partial charge in [-0.1, -0.05) is 17.3 Å². The number of nitrogens with zero attached hydrogens (tertiary/aromatic N) is 1. The van der Waals surface area contributed by atoms with Crippen molar-refractivity contribution in [2.45, 2.75) is 24.8 Å². The third-order valence-electron chi connectivity index (χ3n) is 3.48. The molecule has 1 saturated heterocycles. The van der Waals surface area contributed by atoms with Gasteiger partial charge >= 0.3 is 0 Å². The largest absolute Gasteiger partial charge is 0.381 e. The molecule has 0 saturated carbocycles. The van der Waals surface area contributed by atoms with E-state index in [1.165, 1.54) is 12.1 Å². The van der Waals surface area contributed by atoms with Crippen LogP contribution in [0.1, 0.15) is 18.4 Å². The monoisotopic (exact) mass is 503 g/mol. The molecule has 0 N–H and O–H groups in total. The second-order valence-corrected chi connectivity index (χ2v) is 15.1. The van der Waals surface area contributed by atoms with E-state index in [0.29, 0.717) is 31.6 Å². The Morgan fingerprint density at radius 3 is 2.33 bits per heavy atom. The van der Waals surface area contributed by atoms with Crippen molar-refractivity contribution in [2.24, 2.45) is 5.18 Å². The van der Waals surface area contributed by atoms with Crippen LogP contribution in [0, 0.1) is 4.91 Å². The molecule has 0 atom stereocenters. The fraction of sp³-hybridized carbons (Fsp3) is 0.500. The Balaban J connectivity index is 2.50. The van der Waals surface area contributed by atoms with Gasteiger partial charge < -0.3 is 4.74 Å². The summed E-state index contributed by atoms with van der Waals surface area (Å²) in [4.78, 5) is 11.5. The summed E-state index contributed by atoms with van der Waals surface area (Å²) in [7, 11) is -3.70. The minimum absolute atomic E-state index is 0.0974. The molecule has 5 nitrogen and oxygen atoms in total. The molecule has 21 heavy (non-hydrogen) atoms. The summed E-state index contributed by atoms with van der Waals surface area (Å²) in [5.41, 5.74) is -0.323. The molecule has 116 valence electrons. The second-order valence-electron chi connectivity index (χ2n) is 4.71. The van der Waals surface area contributed by atoms with Crippen LogP contribution in [0.4, 0.5) is 0 Å².